The fourth-order valence-electron chi connectivity index (χ4n) is 2.10. The molecular formula is C10H12N2O4. The molecule has 86 valence electrons. The summed E-state index contributed by atoms with van der Waals surface area (Å²) < 4.78 is 4.62. The van der Waals surface area contributed by atoms with Crippen LogP contribution in [0.1, 0.15) is 12.8 Å². The lowest BCUT2D eigenvalue weighted by molar-refractivity contribution is -0.143. The van der Waals surface area contributed by atoms with Crippen molar-refractivity contribution in [2.24, 2.45) is 5.92 Å². The number of hydrogen-bond donors (Lipinski definition) is 0. The van der Waals surface area contributed by atoms with Gasteiger partial charge in [0, 0.05) is 19.0 Å². The molecule has 0 bridgehead atoms. The van der Waals surface area contributed by atoms with Gasteiger partial charge in [-0.2, -0.15) is 0 Å². The van der Waals surface area contributed by atoms with Crippen LogP contribution in [0.4, 0.5) is 4.79 Å². The number of amides is 3. The first kappa shape index (κ1) is 9.62. The summed E-state index contributed by atoms with van der Waals surface area (Å²) in [7, 11) is 0. The maximum atomic E-state index is 11.6. The molecule has 0 aromatic rings. The molecule has 16 heavy (non-hydrogen) atoms. The van der Waals surface area contributed by atoms with Crippen molar-refractivity contribution in [1.82, 2.24) is 9.80 Å². The van der Waals surface area contributed by atoms with Crippen molar-refractivity contribution in [2.45, 2.75) is 18.9 Å². The van der Waals surface area contributed by atoms with E-state index in [1.54, 1.807) is 4.90 Å². The van der Waals surface area contributed by atoms with Crippen LogP contribution in [0.15, 0.2) is 0 Å². The Bertz CT molecular complexity index is 355. The molecule has 1 aliphatic carbocycles. The van der Waals surface area contributed by atoms with Crippen molar-refractivity contribution >= 4 is 17.9 Å². The highest BCUT2D eigenvalue weighted by atomic mass is 16.6. The van der Waals surface area contributed by atoms with Crippen LogP contribution in [0.5, 0.6) is 0 Å². The van der Waals surface area contributed by atoms with Crippen LogP contribution in [0.3, 0.4) is 0 Å². The Morgan fingerprint density at radius 3 is 2.44 bits per heavy atom. The van der Waals surface area contributed by atoms with Gasteiger partial charge in [-0.15, -0.1) is 0 Å². The molecule has 3 rings (SSSR count). The summed E-state index contributed by atoms with van der Waals surface area (Å²) in [5, 5.41) is 0. The minimum Gasteiger partial charge on any atom is -0.439 e. The average Bonchev–Trinajstić information content (AvgIpc) is 2.97. The van der Waals surface area contributed by atoms with E-state index in [1.165, 1.54) is 0 Å². The molecule has 2 saturated heterocycles. The van der Waals surface area contributed by atoms with Gasteiger partial charge in [0.05, 0.1) is 6.04 Å². The highest BCUT2D eigenvalue weighted by Crippen LogP contribution is 2.33. The van der Waals surface area contributed by atoms with Gasteiger partial charge in [0.1, 0.15) is 0 Å². The number of cyclic esters (lactones) is 1. The fraction of sp³-hybridized carbons (Fsp3) is 0.700. The number of carbonyl (C=O) groups excluding carboxylic acids is 3. The summed E-state index contributed by atoms with van der Waals surface area (Å²) in [5.74, 6) is 0.0620. The molecule has 6 heteroatoms. The van der Waals surface area contributed by atoms with Crippen LogP contribution in [-0.4, -0.2) is 53.4 Å². The Hall–Kier alpha value is -1.59. The Morgan fingerprint density at radius 2 is 1.94 bits per heavy atom. The van der Waals surface area contributed by atoms with Gasteiger partial charge in [-0.25, -0.2) is 9.69 Å². The van der Waals surface area contributed by atoms with E-state index in [1.807, 2.05) is 0 Å². The van der Waals surface area contributed by atoms with Crippen LogP contribution < -0.4 is 0 Å². The van der Waals surface area contributed by atoms with Gasteiger partial charge in [-0.05, 0) is 12.8 Å². The molecule has 2 aliphatic heterocycles. The minimum atomic E-state index is -0.575. The number of rotatable bonds is 2. The predicted molar refractivity (Wildman–Crippen MR) is 51.3 cm³/mol. The van der Waals surface area contributed by atoms with E-state index in [-0.39, 0.29) is 30.4 Å². The molecule has 3 fully saturated rings. The molecule has 1 saturated carbocycles. The fourth-order valence-corrected chi connectivity index (χ4v) is 2.10. The van der Waals surface area contributed by atoms with Crippen molar-refractivity contribution < 1.29 is 19.1 Å². The van der Waals surface area contributed by atoms with Crippen molar-refractivity contribution in [2.75, 3.05) is 19.7 Å². The van der Waals surface area contributed by atoms with Crippen molar-refractivity contribution in [3.05, 3.63) is 0 Å². The van der Waals surface area contributed by atoms with Crippen LogP contribution in [-0.2, 0) is 14.3 Å². The molecule has 3 amide bonds. The van der Waals surface area contributed by atoms with E-state index < -0.39 is 6.09 Å². The molecule has 0 spiro atoms. The van der Waals surface area contributed by atoms with E-state index in [2.05, 4.69) is 4.74 Å². The SMILES string of the molecule is O=C(C1CC1)N1CC(N2C(=O)COC2=O)C1. The number of hydrogen-bond acceptors (Lipinski definition) is 4. The Morgan fingerprint density at radius 1 is 1.25 bits per heavy atom. The van der Waals surface area contributed by atoms with Crippen LogP contribution in [0, 0.1) is 5.92 Å². The maximum Gasteiger partial charge on any atom is 0.417 e. The highest BCUT2D eigenvalue weighted by Gasteiger charge is 2.46. The molecule has 0 aromatic heterocycles. The number of carbonyl (C=O) groups is 3. The zero-order chi connectivity index (χ0) is 11.3. The van der Waals surface area contributed by atoms with E-state index in [0.29, 0.717) is 13.1 Å². The van der Waals surface area contributed by atoms with Gasteiger partial charge in [-0.3, -0.25) is 9.59 Å². The van der Waals surface area contributed by atoms with Crippen LogP contribution >= 0.6 is 0 Å². The quantitative estimate of drug-likeness (QED) is 0.639. The monoisotopic (exact) mass is 224 g/mol. The van der Waals surface area contributed by atoms with E-state index >= 15 is 0 Å². The third-order valence-corrected chi connectivity index (χ3v) is 3.25. The molecular weight excluding hydrogens is 212 g/mol. The van der Waals surface area contributed by atoms with Crippen molar-refractivity contribution in [3.63, 3.8) is 0 Å². The molecule has 0 atom stereocenters. The molecule has 0 radical (unpaired) electrons. The Kier molecular flexibility index (Phi) is 1.92. The Balaban J connectivity index is 1.58. The zero-order valence-corrected chi connectivity index (χ0v) is 8.72. The van der Waals surface area contributed by atoms with Crippen LogP contribution in [0.2, 0.25) is 0 Å². The standard InChI is InChI=1S/C10H12N2O4/c13-8-5-16-10(15)12(8)7-3-11(4-7)9(14)6-1-2-6/h6-7H,1-5H2. The summed E-state index contributed by atoms with van der Waals surface area (Å²) in [4.78, 5) is 37.0. The molecule has 2 heterocycles. The second kappa shape index (κ2) is 3.20. The first-order valence-corrected chi connectivity index (χ1v) is 5.44. The van der Waals surface area contributed by atoms with Gasteiger partial charge in [0.25, 0.3) is 5.91 Å². The smallest absolute Gasteiger partial charge is 0.417 e. The molecule has 3 aliphatic rings. The lowest BCUT2D eigenvalue weighted by Crippen LogP contribution is -2.62. The average molecular weight is 224 g/mol. The molecule has 0 aromatic carbocycles. The number of ether oxygens (including phenoxy) is 1. The van der Waals surface area contributed by atoms with Gasteiger partial charge < -0.3 is 9.64 Å². The molecule has 6 nitrogen and oxygen atoms in total. The number of imide groups is 1. The molecule has 0 unspecified atom stereocenters. The van der Waals surface area contributed by atoms with Gasteiger partial charge in [0.15, 0.2) is 6.61 Å². The summed E-state index contributed by atoms with van der Waals surface area (Å²) in [6, 6.07) is -0.176. The van der Waals surface area contributed by atoms with E-state index in [9.17, 15) is 14.4 Å². The predicted octanol–water partition coefficient (Wildman–Crippen LogP) is -0.414. The first-order chi connectivity index (χ1) is 7.66. The number of likely N-dealkylation sites (tertiary alicyclic amines) is 1. The summed E-state index contributed by atoms with van der Waals surface area (Å²) in [6.07, 6.45) is 1.38. The molecule has 0 N–H and O–H groups in total. The maximum absolute atomic E-state index is 11.6. The largest absolute Gasteiger partial charge is 0.439 e. The highest BCUT2D eigenvalue weighted by molar-refractivity contribution is 5.98. The van der Waals surface area contributed by atoms with E-state index in [4.69, 9.17) is 0 Å². The number of nitrogens with zero attached hydrogens (tertiary/aromatic N) is 2. The van der Waals surface area contributed by atoms with Gasteiger partial charge in [-0.1, -0.05) is 0 Å². The summed E-state index contributed by atoms with van der Waals surface area (Å²) >= 11 is 0. The summed E-state index contributed by atoms with van der Waals surface area (Å²) in [5.41, 5.74) is 0. The minimum absolute atomic E-state index is 0.161. The third-order valence-electron chi connectivity index (χ3n) is 3.25. The topological polar surface area (TPSA) is 66.9 Å². The van der Waals surface area contributed by atoms with Gasteiger partial charge >= 0.3 is 6.09 Å². The first-order valence-electron chi connectivity index (χ1n) is 5.44. The lowest BCUT2D eigenvalue weighted by atomic mass is 10.1. The second-order valence-electron chi connectivity index (χ2n) is 4.49. The third kappa shape index (κ3) is 1.36. The Labute approximate surface area is 92.1 Å². The van der Waals surface area contributed by atoms with Crippen molar-refractivity contribution in [3.8, 4) is 0 Å². The second-order valence-corrected chi connectivity index (χ2v) is 4.49. The van der Waals surface area contributed by atoms with E-state index in [0.717, 1.165) is 17.7 Å². The lowest BCUT2D eigenvalue weighted by Gasteiger charge is -2.42. The normalized spacial score (nSPS) is 25.8. The van der Waals surface area contributed by atoms with Crippen LogP contribution in [0.25, 0.3) is 0 Å². The van der Waals surface area contributed by atoms with Crippen molar-refractivity contribution in [1.29, 1.82) is 0 Å². The zero-order valence-electron chi connectivity index (χ0n) is 8.72. The summed E-state index contributed by atoms with van der Waals surface area (Å²) in [6.45, 7) is 0.776. The van der Waals surface area contributed by atoms with Gasteiger partial charge in [0.2, 0.25) is 5.91 Å².